The van der Waals surface area contributed by atoms with Crippen molar-refractivity contribution in [2.24, 2.45) is 0 Å². The van der Waals surface area contributed by atoms with Crippen LogP contribution >= 0.6 is 0 Å². The van der Waals surface area contributed by atoms with Gasteiger partial charge in [0.1, 0.15) is 79.3 Å². The van der Waals surface area contributed by atoms with Gasteiger partial charge in [0, 0.05) is 0 Å². The minimum Gasteiger partial charge on any atom is -0.485 e. The van der Waals surface area contributed by atoms with Crippen LogP contribution < -0.4 is 56.8 Å². The second kappa shape index (κ2) is 47.7. The van der Waals surface area contributed by atoms with Crippen LogP contribution in [0.3, 0.4) is 0 Å². The van der Waals surface area contributed by atoms with E-state index in [9.17, 15) is 0 Å². The molecule has 0 aliphatic carbocycles. The molecule has 698 valence electrons. The van der Waals surface area contributed by atoms with Crippen molar-refractivity contribution < 1.29 is 99.7 Å². The van der Waals surface area contributed by atoms with Gasteiger partial charge in [-0.05, 0) is 122 Å². The molecule has 0 radical (unpaired) electrons. The molecule has 0 spiro atoms. The van der Waals surface area contributed by atoms with Crippen molar-refractivity contribution in [3.8, 4) is 69.0 Å². The van der Waals surface area contributed by atoms with E-state index in [1.54, 1.807) is 0 Å². The standard InChI is InChI=1S/C118H100O21/c1-82-107(136-114(119)95-62-99(123-70-83-38-14-2-15-39-83)108(131-78-91-54-30-10-31-55-91)100(63-95)124-71-84-40-16-3-17-41-84)112(137-115(120)96-64-101(125-72-85-42-18-4-19-43-85)109(132-79-92-56-32-11-33-57-92)102(65-96)126-73-86-44-20-5-21-45-86)113(138-116(121)97-66-103(127-74-87-46-22-6-23-47-87)110(133-80-93-58-34-12-35-59-93)104(67-97)128-75-88-48-24-7-25-49-88)118(135-82)139-117(122)98-68-105(129-76-89-50-26-8-27-51-89)111(134-81-94-60-36-13-37-61-94)106(69-98)130-77-90-52-28-9-29-53-90/h2-69,82,107,112-113,118H,70-81H2,1H3/t82-,107-,112+,113-,118+/m1/s1. The summed E-state index contributed by atoms with van der Waals surface area (Å²) < 4.78 is 116. The molecule has 16 aromatic rings. The van der Waals surface area contributed by atoms with Gasteiger partial charge in [0.25, 0.3) is 0 Å². The lowest BCUT2D eigenvalue weighted by Crippen LogP contribution is -2.61. The van der Waals surface area contributed by atoms with Crippen molar-refractivity contribution in [3.63, 3.8) is 0 Å². The van der Waals surface area contributed by atoms with Gasteiger partial charge >= 0.3 is 23.9 Å². The number of hydrogen-bond acceptors (Lipinski definition) is 21. The zero-order valence-electron chi connectivity index (χ0n) is 76.2. The Labute approximate surface area is 806 Å². The predicted octanol–water partition coefficient (Wildman–Crippen LogP) is 24.2. The highest BCUT2D eigenvalue weighted by Crippen LogP contribution is 2.47. The Bertz CT molecular complexity index is 6380. The van der Waals surface area contributed by atoms with Gasteiger partial charge in [-0.2, -0.15) is 0 Å². The van der Waals surface area contributed by atoms with Crippen molar-refractivity contribution in [2.75, 3.05) is 0 Å². The normalized spacial score (nSPS) is 14.2. The molecular weight excluding hydrogens is 1750 g/mol. The topological polar surface area (TPSA) is 225 Å². The summed E-state index contributed by atoms with van der Waals surface area (Å²) in [7, 11) is 0. The number of carbonyl (C=O) groups is 4. The summed E-state index contributed by atoms with van der Waals surface area (Å²) in [4.78, 5) is 66.0. The Morgan fingerprint density at radius 1 is 0.187 bits per heavy atom. The number of ether oxygens (including phenoxy) is 17. The fraction of sp³-hybridized carbons (Fsp3) is 0.153. The van der Waals surface area contributed by atoms with E-state index in [-0.39, 0.29) is 171 Å². The molecule has 16 aromatic carbocycles. The summed E-state index contributed by atoms with van der Waals surface area (Å²) in [5.41, 5.74) is 8.62. The monoisotopic (exact) mass is 1850 g/mol. The van der Waals surface area contributed by atoms with E-state index in [1.165, 1.54) is 55.5 Å². The molecular formula is C118H100O21. The number of esters is 4. The highest BCUT2D eigenvalue weighted by atomic mass is 16.7. The van der Waals surface area contributed by atoms with E-state index >= 15 is 19.2 Å². The smallest absolute Gasteiger partial charge is 0.340 e. The van der Waals surface area contributed by atoms with Crippen LogP contribution in [-0.2, 0) is 103 Å². The minimum atomic E-state index is -2.17. The van der Waals surface area contributed by atoms with Gasteiger partial charge in [0.2, 0.25) is 35.4 Å². The molecule has 0 bridgehead atoms. The molecule has 0 N–H and O–H groups in total. The predicted molar refractivity (Wildman–Crippen MR) is 522 cm³/mol. The van der Waals surface area contributed by atoms with E-state index in [2.05, 4.69) is 0 Å². The second-order valence-corrected chi connectivity index (χ2v) is 32.7. The Balaban J connectivity index is 0.835. The van der Waals surface area contributed by atoms with E-state index < -0.39 is 54.6 Å². The number of rotatable bonds is 44. The van der Waals surface area contributed by atoms with Gasteiger partial charge < -0.3 is 80.5 Å². The molecule has 21 heteroatoms. The van der Waals surface area contributed by atoms with Crippen LogP contribution in [0.25, 0.3) is 0 Å². The van der Waals surface area contributed by atoms with Gasteiger partial charge in [-0.25, -0.2) is 19.2 Å². The van der Waals surface area contributed by atoms with E-state index in [0.29, 0.717) is 0 Å². The van der Waals surface area contributed by atoms with Crippen molar-refractivity contribution >= 4 is 23.9 Å². The lowest BCUT2D eigenvalue weighted by Gasteiger charge is -2.43. The maximum absolute atomic E-state index is 16.7. The van der Waals surface area contributed by atoms with Crippen LogP contribution in [0.4, 0.5) is 0 Å². The highest BCUT2D eigenvalue weighted by Gasteiger charge is 2.54. The van der Waals surface area contributed by atoms with Crippen LogP contribution in [0, 0.1) is 0 Å². The van der Waals surface area contributed by atoms with E-state index in [0.717, 1.165) is 66.8 Å². The fourth-order valence-electron chi connectivity index (χ4n) is 15.2. The minimum absolute atomic E-state index is 0.00302. The first-order valence-corrected chi connectivity index (χ1v) is 45.7. The van der Waals surface area contributed by atoms with Gasteiger partial charge in [-0.15, -0.1) is 0 Å². The molecule has 0 amide bonds. The number of carbonyl (C=O) groups excluding carboxylic acids is 4. The van der Waals surface area contributed by atoms with Crippen LogP contribution in [0.15, 0.2) is 413 Å². The zero-order valence-corrected chi connectivity index (χ0v) is 76.2. The zero-order chi connectivity index (χ0) is 95.0. The molecule has 21 nitrogen and oxygen atoms in total. The third-order valence-electron chi connectivity index (χ3n) is 22.5. The summed E-state index contributed by atoms with van der Waals surface area (Å²) in [5, 5.41) is 0. The summed E-state index contributed by atoms with van der Waals surface area (Å²) in [6.07, 6.45) is -9.70. The SMILES string of the molecule is C[C@H]1O[C@@H](OC(=O)c2cc(OCc3ccccc3)c(OCc3ccccc3)c(OCc3ccccc3)c2)[C@H](OC(=O)c2cc(OCc3ccccc3)c(OCc3ccccc3)c(OCc3ccccc3)c2)[C@@H](OC(=O)c2cc(OCc3ccccc3)c(OCc3ccccc3)c(OCc3ccccc3)c2)[C@@H]1OC(=O)c1cc(OCc2ccccc2)c(OCc2ccccc2)c(OCc2ccccc2)c1. The van der Waals surface area contributed by atoms with Crippen molar-refractivity contribution in [3.05, 3.63) is 502 Å². The molecule has 0 aromatic heterocycles. The maximum atomic E-state index is 16.7. The average molecular weight is 1850 g/mol. The number of benzene rings is 16. The third kappa shape index (κ3) is 26.3. The van der Waals surface area contributed by atoms with Gasteiger partial charge in [-0.3, -0.25) is 0 Å². The molecule has 0 saturated carbocycles. The fourth-order valence-corrected chi connectivity index (χ4v) is 15.2. The third-order valence-corrected chi connectivity index (χ3v) is 22.5. The Morgan fingerprint density at radius 3 is 0.504 bits per heavy atom. The van der Waals surface area contributed by atoms with Crippen molar-refractivity contribution in [1.82, 2.24) is 0 Å². The molecule has 0 unspecified atom stereocenters. The average Bonchev–Trinajstić information content (AvgIpc) is 0.763. The van der Waals surface area contributed by atoms with Gasteiger partial charge in [0.05, 0.1) is 28.4 Å². The first-order valence-electron chi connectivity index (χ1n) is 45.7. The lowest BCUT2D eigenvalue weighted by atomic mass is 9.98. The van der Waals surface area contributed by atoms with Crippen LogP contribution in [0.2, 0.25) is 0 Å². The molecule has 1 heterocycles. The Morgan fingerprint density at radius 2 is 0.331 bits per heavy atom. The first kappa shape index (κ1) is 93.8. The van der Waals surface area contributed by atoms with E-state index in [4.69, 9.17) is 80.5 Å². The lowest BCUT2D eigenvalue weighted by molar-refractivity contribution is -0.274. The summed E-state index contributed by atoms with van der Waals surface area (Å²) in [6, 6.07) is 125. The van der Waals surface area contributed by atoms with Crippen LogP contribution in [0.1, 0.15) is 115 Å². The van der Waals surface area contributed by atoms with Crippen LogP contribution in [0.5, 0.6) is 69.0 Å². The maximum Gasteiger partial charge on any atom is 0.340 e. The Hall–Kier alpha value is -17.0. The summed E-state index contributed by atoms with van der Waals surface area (Å²) >= 11 is 0. The highest BCUT2D eigenvalue weighted by molar-refractivity contribution is 5.94. The van der Waals surface area contributed by atoms with Gasteiger partial charge in [0.15, 0.2) is 58.2 Å². The summed E-state index contributed by atoms with van der Waals surface area (Å²) in [6.45, 7) is 1.53. The summed E-state index contributed by atoms with van der Waals surface area (Å²) in [5.74, 6) is -3.47. The Kier molecular flexibility index (Phi) is 32.2. The van der Waals surface area contributed by atoms with Crippen LogP contribution in [-0.4, -0.2) is 54.6 Å². The molecule has 1 fully saturated rings. The quantitative estimate of drug-likeness (QED) is 0.0255. The van der Waals surface area contributed by atoms with E-state index in [1.807, 2.05) is 364 Å². The molecule has 1 aliphatic heterocycles. The molecule has 1 saturated heterocycles. The first-order chi connectivity index (χ1) is 68.4. The van der Waals surface area contributed by atoms with Crippen molar-refractivity contribution in [2.45, 2.75) is 117 Å². The largest absolute Gasteiger partial charge is 0.485 e. The molecule has 5 atom stereocenters. The van der Waals surface area contributed by atoms with Crippen molar-refractivity contribution in [1.29, 1.82) is 0 Å². The van der Waals surface area contributed by atoms with Gasteiger partial charge in [-0.1, -0.05) is 364 Å². The molecule has 139 heavy (non-hydrogen) atoms. The second-order valence-electron chi connectivity index (χ2n) is 32.7. The molecule has 17 rings (SSSR count). The number of hydrogen-bond donors (Lipinski definition) is 0. The molecule has 1 aliphatic rings.